The Morgan fingerprint density at radius 1 is 1.41 bits per heavy atom. The van der Waals surface area contributed by atoms with Crippen molar-refractivity contribution in [3.63, 3.8) is 0 Å². The predicted molar refractivity (Wildman–Crippen MR) is 58.4 cm³/mol. The molecule has 3 nitrogen and oxygen atoms in total. The van der Waals surface area contributed by atoms with E-state index in [9.17, 15) is 13.2 Å². The molecule has 0 aliphatic heterocycles. The summed E-state index contributed by atoms with van der Waals surface area (Å²) in [7, 11) is 0. The van der Waals surface area contributed by atoms with Crippen LogP contribution >= 0.6 is 0 Å². The zero-order chi connectivity index (χ0) is 12.9. The summed E-state index contributed by atoms with van der Waals surface area (Å²) in [5, 5.41) is 3.21. The lowest BCUT2D eigenvalue weighted by atomic mass is 10.3. The molecule has 0 fully saturated rings. The second kappa shape index (κ2) is 6.07. The number of nitrogens with one attached hydrogen (secondary N) is 1. The molecule has 98 valence electrons. The van der Waals surface area contributed by atoms with Crippen LogP contribution in [-0.4, -0.2) is 23.6 Å². The molecule has 1 rings (SSSR count). The van der Waals surface area contributed by atoms with E-state index in [1.54, 1.807) is 10.8 Å². The number of rotatable bonds is 6. The van der Waals surface area contributed by atoms with E-state index in [1.807, 2.05) is 26.0 Å². The second-order valence-corrected chi connectivity index (χ2v) is 4.02. The lowest BCUT2D eigenvalue weighted by Crippen LogP contribution is -2.24. The molecule has 0 aromatic carbocycles. The van der Waals surface area contributed by atoms with Gasteiger partial charge in [0.2, 0.25) is 0 Å². The van der Waals surface area contributed by atoms with Crippen molar-refractivity contribution in [2.75, 3.05) is 6.61 Å². The Hall–Kier alpha value is -1.01. The quantitative estimate of drug-likeness (QED) is 0.839. The van der Waals surface area contributed by atoms with Gasteiger partial charge >= 0.3 is 6.36 Å². The van der Waals surface area contributed by atoms with Crippen LogP contribution in [0.15, 0.2) is 18.3 Å². The molecule has 0 atom stereocenters. The van der Waals surface area contributed by atoms with Crippen LogP contribution in [0.4, 0.5) is 13.2 Å². The van der Waals surface area contributed by atoms with E-state index >= 15 is 0 Å². The van der Waals surface area contributed by atoms with Crippen molar-refractivity contribution in [1.29, 1.82) is 0 Å². The van der Waals surface area contributed by atoms with Crippen LogP contribution in [0, 0.1) is 0 Å². The maximum atomic E-state index is 11.8. The fraction of sp³-hybridized carbons (Fsp3) is 0.636. The molecule has 1 N–H and O–H groups in total. The summed E-state index contributed by atoms with van der Waals surface area (Å²) >= 11 is 0. The predicted octanol–water partition coefficient (Wildman–Crippen LogP) is 2.52. The van der Waals surface area contributed by atoms with Crippen molar-refractivity contribution in [3.05, 3.63) is 24.0 Å². The van der Waals surface area contributed by atoms with Gasteiger partial charge in [-0.05, 0) is 12.1 Å². The number of hydrogen-bond acceptors (Lipinski definition) is 2. The molecule has 0 bridgehead atoms. The highest BCUT2D eigenvalue weighted by Gasteiger charge is 2.28. The van der Waals surface area contributed by atoms with E-state index in [0.717, 1.165) is 5.69 Å². The molecular formula is C11H17F3N2O. The van der Waals surface area contributed by atoms with Crippen LogP contribution in [-0.2, 0) is 17.8 Å². The summed E-state index contributed by atoms with van der Waals surface area (Å²) in [4.78, 5) is 0. The first kappa shape index (κ1) is 14.1. The lowest BCUT2D eigenvalue weighted by Gasteiger charge is -2.13. The first-order valence-corrected chi connectivity index (χ1v) is 5.46. The molecule has 0 saturated carbocycles. The number of halogens is 3. The number of nitrogens with zero attached hydrogens (tertiary/aromatic N) is 1. The fourth-order valence-electron chi connectivity index (χ4n) is 1.40. The van der Waals surface area contributed by atoms with Gasteiger partial charge in [-0.1, -0.05) is 13.8 Å². The molecule has 0 aliphatic carbocycles. The largest absolute Gasteiger partial charge is 0.522 e. The van der Waals surface area contributed by atoms with Gasteiger partial charge in [0, 0.05) is 31.0 Å². The van der Waals surface area contributed by atoms with Gasteiger partial charge in [-0.2, -0.15) is 0 Å². The third-order valence-electron chi connectivity index (χ3n) is 2.21. The van der Waals surface area contributed by atoms with Crippen molar-refractivity contribution in [2.45, 2.75) is 39.3 Å². The van der Waals surface area contributed by atoms with Crippen LogP contribution in [0.3, 0.4) is 0 Å². The summed E-state index contributed by atoms with van der Waals surface area (Å²) in [6.07, 6.45) is -2.80. The first-order valence-electron chi connectivity index (χ1n) is 5.46. The Labute approximate surface area is 98.6 Å². The SMILES string of the molecule is CC(C)NCc1cccn1CCOC(F)(F)F. The summed E-state index contributed by atoms with van der Waals surface area (Å²) in [6, 6.07) is 4.03. The molecule has 17 heavy (non-hydrogen) atoms. The Balaban J connectivity index is 2.40. The standard InChI is InChI=1S/C11H17F3N2O/c1-9(2)15-8-10-4-3-5-16(10)6-7-17-11(12,13)14/h3-5,9,15H,6-8H2,1-2H3. The molecule has 0 spiro atoms. The van der Waals surface area contributed by atoms with Crippen LogP contribution in [0.2, 0.25) is 0 Å². The van der Waals surface area contributed by atoms with E-state index in [-0.39, 0.29) is 13.2 Å². The summed E-state index contributed by atoms with van der Waals surface area (Å²) in [5.41, 5.74) is 0.949. The molecule has 0 saturated heterocycles. The second-order valence-electron chi connectivity index (χ2n) is 4.02. The molecule has 1 heterocycles. The van der Waals surface area contributed by atoms with E-state index in [2.05, 4.69) is 10.1 Å². The van der Waals surface area contributed by atoms with Crippen molar-refractivity contribution in [1.82, 2.24) is 9.88 Å². The number of aromatic nitrogens is 1. The maximum Gasteiger partial charge on any atom is 0.522 e. The Bertz CT molecular complexity index is 334. The fourth-order valence-corrected chi connectivity index (χ4v) is 1.40. The number of hydrogen-bond donors (Lipinski definition) is 1. The third-order valence-corrected chi connectivity index (χ3v) is 2.21. The average molecular weight is 250 g/mol. The molecule has 0 amide bonds. The Morgan fingerprint density at radius 2 is 2.12 bits per heavy atom. The van der Waals surface area contributed by atoms with Gasteiger partial charge in [-0.25, -0.2) is 0 Å². The molecule has 1 aromatic rings. The van der Waals surface area contributed by atoms with Crippen LogP contribution in [0.1, 0.15) is 19.5 Å². The molecule has 6 heteroatoms. The smallest absolute Gasteiger partial charge is 0.348 e. The van der Waals surface area contributed by atoms with Gasteiger partial charge in [0.05, 0.1) is 6.61 Å². The number of alkyl halides is 3. The topological polar surface area (TPSA) is 26.2 Å². The van der Waals surface area contributed by atoms with Crippen LogP contribution in [0.25, 0.3) is 0 Å². The van der Waals surface area contributed by atoms with Gasteiger partial charge < -0.3 is 9.88 Å². The monoisotopic (exact) mass is 250 g/mol. The van der Waals surface area contributed by atoms with E-state index in [1.165, 1.54) is 0 Å². The summed E-state index contributed by atoms with van der Waals surface area (Å²) in [5.74, 6) is 0. The Morgan fingerprint density at radius 3 is 2.71 bits per heavy atom. The minimum absolute atomic E-state index is 0.196. The van der Waals surface area contributed by atoms with Gasteiger partial charge in [0.25, 0.3) is 0 Å². The lowest BCUT2D eigenvalue weighted by molar-refractivity contribution is -0.325. The minimum Gasteiger partial charge on any atom is -0.348 e. The van der Waals surface area contributed by atoms with Gasteiger partial charge in [-0.3, -0.25) is 4.74 Å². The minimum atomic E-state index is -4.55. The van der Waals surface area contributed by atoms with E-state index < -0.39 is 6.36 Å². The summed E-state index contributed by atoms with van der Waals surface area (Å²) in [6.45, 7) is 4.49. The molecule has 0 unspecified atom stereocenters. The maximum absolute atomic E-state index is 11.8. The van der Waals surface area contributed by atoms with Crippen LogP contribution < -0.4 is 5.32 Å². The highest BCUT2D eigenvalue weighted by Crippen LogP contribution is 2.16. The van der Waals surface area contributed by atoms with E-state index in [4.69, 9.17) is 0 Å². The van der Waals surface area contributed by atoms with Crippen molar-refractivity contribution in [2.24, 2.45) is 0 Å². The molecule has 0 aliphatic rings. The highest BCUT2D eigenvalue weighted by molar-refractivity contribution is 5.06. The highest BCUT2D eigenvalue weighted by atomic mass is 19.4. The Kier molecular flexibility index (Phi) is 5.02. The molecule has 1 aromatic heterocycles. The van der Waals surface area contributed by atoms with Crippen molar-refractivity contribution >= 4 is 0 Å². The van der Waals surface area contributed by atoms with Gasteiger partial charge in [-0.15, -0.1) is 13.2 Å². The van der Waals surface area contributed by atoms with Crippen molar-refractivity contribution < 1.29 is 17.9 Å². The third kappa shape index (κ3) is 5.74. The zero-order valence-corrected chi connectivity index (χ0v) is 9.92. The average Bonchev–Trinajstić information content (AvgIpc) is 2.60. The summed E-state index contributed by atoms with van der Waals surface area (Å²) < 4.78 is 40.9. The molecule has 0 radical (unpaired) electrons. The molecular weight excluding hydrogens is 233 g/mol. The first-order chi connectivity index (χ1) is 7.88. The van der Waals surface area contributed by atoms with E-state index in [0.29, 0.717) is 12.6 Å². The normalized spacial score (nSPS) is 12.4. The van der Waals surface area contributed by atoms with Crippen LogP contribution in [0.5, 0.6) is 0 Å². The number of ether oxygens (including phenoxy) is 1. The van der Waals surface area contributed by atoms with Crippen molar-refractivity contribution in [3.8, 4) is 0 Å². The van der Waals surface area contributed by atoms with Gasteiger partial charge in [0.15, 0.2) is 0 Å². The van der Waals surface area contributed by atoms with Gasteiger partial charge in [0.1, 0.15) is 0 Å². The zero-order valence-electron chi connectivity index (χ0n) is 9.92.